The van der Waals surface area contributed by atoms with Crippen LogP contribution in [-0.4, -0.2) is 16.5 Å². The summed E-state index contributed by atoms with van der Waals surface area (Å²) in [7, 11) is 0. The maximum atomic E-state index is 9.89. The van der Waals surface area contributed by atoms with Crippen LogP contribution in [0.3, 0.4) is 0 Å². The standard InChI is InChI=1S/C8H5ClN2O/c9-8-5-4-7(10-11-8)3-1-2-6-12/h4-6H,2H2. The first kappa shape index (κ1) is 8.69. The van der Waals surface area contributed by atoms with Gasteiger partial charge in [-0.3, -0.25) is 0 Å². The lowest BCUT2D eigenvalue weighted by Crippen LogP contribution is -1.85. The van der Waals surface area contributed by atoms with Crippen molar-refractivity contribution in [2.75, 3.05) is 0 Å². The van der Waals surface area contributed by atoms with E-state index in [1.54, 1.807) is 12.1 Å². The topological polar surface area (TPSA) is 42.9 Å². The average Bonchev–Trinajstić information content (AvgIpc) is 2.09. The second-order valence-electron chi connectivity index (χ2n) is 1.91. The SMILES string of the molecule is O=CCC#Cc1ccc(Cl)nn1. The molecule has 0 radical (unpaired) electrons. The highest BCUT2D eigenvalue weighted by Gasteiger charge is 1.89. The van der Waals surface area contributed by atoms with Gasteiger partial charge >= 0.3 is 0 Å². The first-order chi connectivity index (χ1) is 5.83. The molecule has 4 heteroatoms. The van der Waals surface area contributed by atoms with Crippen molar-refractivity contribution in [1.82, 2.24) is 10.2 Å². The van der Waals surface area contributed by atoms with Crippen LogP contribution in [0.5, 0.6) is 0 Å². The molecule has 0 saturated heterocycles. The minimum Gasteiger partial charge on any atom is -0.302 e. The lowest BCUT2D eigenvalue weighted by atomic mass is 10.3. The summed E-state index contributed by atoms with van der Waals surface area (Å²) in [5.41, 5.74) is 0.515. The highest BCUT2D eigenvalue weighted by molar-refractivity contribution is 6.29. The Morgan fingerprint density at radius 2 is 2.33 bits per heavy atom. The summed E-state index contributed by atoms with van der Waals surface area (Å²) in [5, 5.41) is 7.59. The molecule has 1 aromatic rings. The van der Waals surface area contributed by atoms with Gasteiger partial charge in [0, 0.05) is 0 Å². The van der Waals surface area contributed by atoms with E-state index in [2.05, 4.69) is 22.0 Å². The second-order valence-corrected chi connectivity index (χ2v) is 2.30. The van der Waals surface area contributed by atoms with Crippen LogP contribution in [0.15, 0.2) is 12.1 Å². The Morgan fingerprint density at radius 1 is 1.50 bits per heavy atom. The Balaban J connectivity index is 2.72. The zero-order chi connectivity index (χ0) is 8.81. The Labute approximate surface area is 74.8 Å². The van der Waals surface area contributed by atoms with Crippen LogP contribution in [0, 0.1) is 11.8 Å². The summed E-state index contributed by atoms with van der Waals surface area (Å²) in [6, 6.07) is 3.24. The van der Waals surface area contributed by atoms with Crippen molar-refractivity contribution >= 4 is 17.9 Å². The first-order valence-corrected chi connectivity index (χ1v) is 3.62. The molecule has 0 unspecified atom stereocenters. The molecule has 60 valence electrons. The first-order valence-electron chi connectivity index (χ1n) is 3.24. The van der Waals surface area contributed by atoms with E-state index in [-0.39, 0.29) is 6.42 Å². The predicted molar refractivity (Wildman–Crippen MR) is 44.6 cm³/mol. The second kappa shape index (κ2) is 4.47. The van der Waals surface area contributed by atoms with E-state index < -0.39 is 0 Å². The number of aldehydes is 1. The third-order valence-electron chi connectivity index (χ3n) is 1.03. The number of hydrogen-bond acceptors (Lipinski definition) is 3. The summed E-state index contributed by atoms with van der Waals surface area (Å²) >= 11 is 5.50. The summed E-state index contributed by atoms with van der Waals surface area (Å²) in [5.74, 6) is 5.27. The number of nitrogens with zero attached hydrogens (tertiary/aromatic N) is 2. The summed E-state index contributed by atoms with van der Waals surface area (Å²) in [6.07, 6.45) is 0.945. The fourth-order valence-electron chi connectivity index (χ4n) is 0.566. The third-order valence-corrected chi connectivity index (χ3v) is 1.24. The van der Waals surface area contributed by atoms with E-state index in [9.17, 15) is 4.79 Å². The van der Waals surface area contributed by atoms with E-state index >= 15 is 0 Å². The van der Waals surface area contributed by atoms with Gasteiger partial charge in [-0.15, -0.1) is 10.2 Å². The molecule has 3 nitrogen and oxygen atoms in total. The normalized spacial score (nSPS) is 8.42. The Kier molecular flexibility index (Phi) is 3.24. The van der Waals surface area contributed by atoms with Crippen molar-refractivity contribution in [3.05, 3.63) is 23.0 Å². The Hall–Kier alpha value is -1.40. The molecule has 12 heavy (non-hydrogen) atoms. The van der Waals surface area contributed by atoms with Crippen molar-refractivity contribution in [3.8, 4) is 11.8 Å². The molecule has 0 aliphatic heterocycles. The molecule has 0 atom stereocenters. The molecular formula is C8H5ClN2O. The molecule has 1 heterocycles. The number of hydrogen-bond donors (Lipinski definition) is 0. The maximum absolute atomic E-state index is 9.89. The Morgan fingerprint density at radius 3 is 2.92 bits per heavy atom. The van der Waals surface area contributed by atoms with E-state index in [1.165, 1.54) is 0 Å². The van der Waals surface area contributed by atoms with Gasteiger partial charge in [0.05, 0.1) is 6.42 Å². The minimum atomic E-state index is 0.213. The van der Waals surface area contributed by atoms with Gasteiger partial charge in [0.2, 0.25) is 0 Å². The fourth-order valence-corrected chi connectivity index (χ4v) is 0.667. The Bertz CT molecular complexity index is 323. The number of carbonyl (C=O) groups excluding carboxylic acids is 1. The average molecular weight is 181 g/mol. The van der Waals surface area contributed by atoms with Gasteiger partial charge in [-0.2, -0.15) is 0 Å². The van der Waals surface area contributed by atoms with Crippen LogP contribution in [0.25, 0.3) is 0 Å². The summed E-state index contributed by atoms with van der Waals surface area (Å²) in [4.78, 5) is 9.89. The van der Waals surface area contributed by atoms with Crippen LogP contribution < -0.4 is 0 Å². The molecule has 1 rings (SSSR count). The monoisotopic (exact) mass is 180 g/mol. The van der Waals surface area contributed by atoms with Crippen molar-refractivity contribution in [2.45, 2.75) is 6.42 Å². The predicted octanol–water partition coefficient (Wildman–Crippen LogP) is 1.07. The quantitative estimate of drug-likeness (QED) is 0.480. The lowest BCUT2D eigenvalue weighted by Gasteiger charge is -1.86. The van der Waals surface area contributed by atoms with Crippen LogP contribution in [0.4, 0.5) is 0 Å². The maximum Gasteiger partial charge on any atom is 0.151 e. The van der Waals surface area contributed by atoms with E-state index in [1.807, 2.05) is 0 Å². The highest BCUT2D eigenvalue weighted by Crippen LogP contribution is 2.00. The molecule has 0 spiro atoms. The number of aromatic nitrogens is 2. The van der Waals surface area contributed by atoms with Crippen molar-refractivity contribution in [2.24, 2.45) is 0 Å². The van der Waals surface area contributed by atoms with E-state index in [0.717, 1.165) is 6.29 Å². The van der Waals surface area contributed by atoms with Gasteiger partial charge in [0.15, 0.2) is 5.15 Å². The summed E-state index contributed by atoms with van der Waals surface area (Å²) < 4.78 is 0. The largest absolute Gasteiger partial charge is 0.302 e. The zero-order valence-corrected chi connectivity index (χ0v) is 6.88. The third kappa shape index (κ3) is 2.69. The molecule has 0 saturated carbocycles. The highest BCUT2D eigenvalue weighted by atomic mass is 35.5. The molecular weight excluding hydrogens is 176 g/mol. The van der Waals surface area contributed by atoms with Crippen LogP contribution in [0.2, 0.25) is 5.15 Å². The van der Waals surface area contributed by atoms with Gasteiger partial charge in [0.1, 0.15) is 12.0 Å². The van der Waals surface area contributed by atoms with Crippen molar-refractivity contribution < 1.29 is 4.79 Å². The van der Waals surface area contributed by atoms with E-state index in [0.29, 0.717) is 10.8 Å². The fraction of sp³-hybridized carbons (Fsp3) is 0.125. The van der Waals surface area contributed by atoms with E-state index in [4.69, 9.17) is 11.6 Å². The van der Waals surface area contributed by atoms with Gasteiger partial charge in [-0.1, -0.05) is 17.5 Å². The molecule has 0 N–H and O–H groups in total. The molecule has 0 aromatic carbocycles. The van der Waals surface area contributed by atoms with Crippen LogP contribution in [0.1, 0.15) is 12.1 Å². The number of halogens is 1. The van der Waals surface area contributed by atoms with Crippen LogP contribution in [-0.2, 0) is 4.79 Å². The minimum absolute atomic E-state index is 0.213. The zero-order valence-electron chi connectivity index (χ0n) is 6.12. The molecule has 0 fully saturated rings. The molecule has 1 aromatic heterocycles. The number of rotatable bonds is 1. The van der Waals surface area contributed by atoms with Crippen molar-refractivity contribution in [3.63, 3.8) is 0 Å². The van der Waals surface area contributed by atoms with Crippen LogP contribution >= 0.6 is 11.6 Å². The van der Waals surface area contributed by atoms with Gasteiger partial charge in [-0.25, -0.2) is 0 Å². The molecule has 0 aliphatic rings. The van der Waals surface area contributed by atoms with Gasteiger partial charge in [-0.05, 0) is 18.1 Å². The lowest BCUT2D eigenvalue weighted by molar-refractivity contribution is -0.107. The molecule has 0 bridgehead atoms. The van der Waals surface area contributed by atoms with Gasteiger partial charge < -0.3 is 4.79 Å². The number of carbonyl (C=O) groups is 1. The summed E-state index contributed by atoms with van der Waals surface area (Å²) in [6.45, 7) is 0. The van der Waals surface area contributed by atoms with Crippen molar-refractivity contribution in [1.29, 1.82) is 0 Å². The smallest absolute Gasteiger partial charge is 0.151 e. The molecule has 0 amide bonds. The van der Waals surface area contributed by atoms with Gasteiger partial charge in [0.25, 0.3) is 0 Å². The molecule has 0 aliphatic carbocycles.